The molecule has 1 radical (unpaired) electrons. The van der Waals surface area contributed by atoms with Crippen LogP contribution in [0.5, 0.6) is 0 Å². The molecule has 2 aromatic heterocycles. The molecule has 4 nitrogen and oxygen atoms in total. The second-order valence-electron chi connectivity index (χ2n) is 16.1. The summed E-state index contributed by atoms with van der Waals surface area (Å²) in [5.74, 6) is 3.51. The van der Waals surface area contributed by atoms with Crippen LogP contribution in [-0.4, -0.2) is 19.1 Å². The van der Waals surface area contributed by atoms with Crippen LogP contribution in [0.1, 0.15) is 101 Å². The molecule has 8 rings (SSSR count). The minimum atomic E-state index is 0. The minimum absolute atomic E-state index is 0. The van der Waals surface area contributed by atoms with Gasteiger partial charge in [0.1, 0.15) is 0 Å². The normalized spacial score (nSPS) is 11.2. The summed E-state index contributed by atoms with van der Waals surface area (Å²) in [6.45, 7) is 18.1. The number of aromatic nitrogens is 4. The fourth-order valence-corrected chi connectivity index (χ4v) is 7.71. The first-order valence-electron chi connectivity index (χ1n) is 20.6. The number of benzene rings is 6. The third-order valence-electron chi connectivity index (χ3n) is 10.7. The summed E-state index contributed by atoms with van der Waals surface area (Å²) in [6, 6.07) is 53.5. The Kier molecular flexibility index (Phi) is 14.2. The zero-order chi connectivity index (χ0) is 40.8. The summed E-state index contributed by atoms with van der Waals surface area (Å²) in [4.78, 5) is 9.31. The van der Waals surface area contributed by atoms with Crippen molar-refractivity contribution in [3.63, 3.8) is 0 Å². The van der Waals surface area contributed by atoms with Crippen molar-refractivity contribution in [2.45, 2.75) is 79.1 Å². The van der Waals surface area contributed by atoms with Gasteiger partial charge < -0.3 is 9.13 Å². The Morgan fingerprint density at radius 2 is 0.797 bits per heavy atom. The van der Waals surface area contributed by atoms with Crippen LogP contribution in [-0.2, 0) is 20.1 Å². The van der Waals surface area contributed by atoms with E-state index in [1.165, 1.54) is 55.9 Å². The molecule has 0 saturated carbocycles. The van der Waals surface area contributed by atoms with Crippen LogP contribution in [0, 0.1) is 12.1 Å². The molecule has 0 amide bonds. The van der Waals surface area contributed by atoms with Gasteiger partial charge in [-0.05, 0) is 80.3 Å². The van der Waals surface area contributed by atoms with Crippen LogP contribution in [0.4, 0.5) is 0 Å². The molecule has 0 aliphatic carbocycles. The quantitative estimate of drug-likeness (QED) is 0.128. The van der Waals surface area contributed by atoms with Crippen molar-refractivity contribution < 1.29 is 20.1 Å². The summed E-state index contributed by atoms with van der Waals surface area (Å²) in [5, 5.41) is 0. The van der Waals surface area contributed by atoms with E-state index >= 15 is 0 Å². The molecule has 5 heteroatoms. The van der Waals surface area contributed by atoms with Gasteiger partial charge in [-0.15, -0.1) is 71.8 Å². The average Bonchev–Trinajstić information content (AvgIpc) is 3.95. The second kappa shape index (κ2) is 19.4. The van der Waals surface area contributed by atoms with Crippen LogP contribution in [0.15, 0.2) is 158 Å². The first-order chi connectivity index (χ1) is 28.1. The molecular weight excluding hydrogens is 897 g/mol. The summed E-state index contributed by atoms with van der Waals surface area (Å²) in [7, 11) is 0. The van der Waals surface area contributed by atoms with Gasteiger partial charge in [0.05, 0.1) is 11.6 Å². The van der Waals surface area contributed by atoms with Crippen LogP contribution in [0.25, 0.3) is 56.4 Å². The van der Waals surface area contributed by atoms with Gasteiger partial charge in [0.2, 0.25) is 0 Å². The van der Waals surface area contributed by atoms with Crippen LogP contribution >= 0.6 is 0 Å². The third-order valence-corrected chi connectivity index (χ3v) is 10.7. The molecule has 2 heterocycles. The number of hydrogen-bond acceptors (Lipinski definition) is 2. The molecule has 59 heavy (non-hydrogen) atoms. The van der Waals surface area contributed by atoms with E-state index in [-0.39, 0.29) is 20.1 Å². The maximum Gasteiger partial charge on any atom is 0.0602 e. The number of imidazole rings is 2. The van der Waals surface area contributed by atoms with E-state index in [1.54, 1.807) is 0 Å². The number of rotatable bonds is 10. The molecule has 0 unspecified atom stereocenters. The van der Waals surface area contributed by atoms with E-state index in [2.05, 4.69) is 191 Å². The van der Waals surface area contributed by atoms with Crippen LogP contribution < -0.4 is 0 Å². The maximum absolute atomic E-state index is 4.71. The molecule has 8 aromatic rings. The van der Waals surface area contributed by atoms with Gasteiger partial charge >= 0.3 is 0 Å². The first-order valence-corrected chi connectivity index (χ1v) is 20.6. The maximum atomic E-state index is 4.71. The monoisotopic (exact) mass is 951 g/mol. The number of nitrogens with zero attached hydrogens (tertiary/aromatic N) is 4. The van der Waals surface area contributed by atoms with Gasteiger partial charge in [0, 0.05) is 56.3 Å². The molecule has 0 aliphatic heterocycles. The van der Waals surface area contributed by atoms with Crippen molar-refractivity contribution in [3.05, 3.63) is 193 Å². The van der Waals surface area contributed by atoms with E-state index < -0.39 is 0 Å². The fraction of sp³-hybridized carbons (Fsp3) is 0.222. The van der Waals surface area contributed by atoms with Gasteiger partial charge in [-0.1, -0.05) is 128 Å². The predicted molar refractivity (Wildman–Crippen MR) is 243 cm³/mol. The Morgan fingerprint density at radius 3 is 1.20 bits per heavy atom. The Bertz CT molecular complexity index is 2490. The molecule has 0 fully saturated rings. The van der Waals surface area contributed by atoms with E-state index in [0.29, 0.717) is 23.7 Å². The molecule has 0 saturated heterocycles. The largest absolute Gasteiger partial charge is 0.340 e. The van der Waals surface area contributed by atoms with E-state index in [1.807, 2.05) is 48.8 Å². The van der Waals surface area contributed by atoms with Crippen molar-refractivity contribution in [1.29, 1.82) is 0 Å². The Balaban J connectivity index is 0.000000212. The van der Waals surface area contributed by atoms with Crippen molar-refractivity contribution >= 4 is 0 Å². The van der Waals surface area contributed by atoms with Crippen molar-refractivity contribution in [2.75, 3.05) is 0 Å². The Hall–Kier alpha value is -5.61. The fourth-order valence-electron chi connectivity index (χ4n) is 7.71. The molecule has 301 valence electrons. The van der Waals surface area contributed by atoms with Gasteiger partial charge in [0.25, 0.3) is 0 Å². The third kappa shape index (κ3) is 9.49. The molecule has 0 spiro atoms. The molecule has 0 N–H and O–H groups in total. The zero-order valence-electron chi connectivity index (χ0n) is 35.4. The van der Waals surface area contributed by atoms with Crippen molar-refractivity contribution in [1.82, 2.24) is 19.1 Å². The molecule has 6 aromatic carbocycles. The van der Waals surface area contributed by atoms with Gasteiger partial charge in [-0.25, -0.2) is 0 Å². The molecule has 0 aliphatic rings. The number of para-hydroxylation sites is 1. The predicted octanol–water partition coefficient (Wildman–Crippen LogP) is 14.5. The van der Waals surface area contributed by atoms with Crippen molar-refractivity contribution in [2.24, 2.45) is 0 Å². The Labute approximate surface area is 365 Å². The minimum Gasteiger partial charge on any atom is -0.340 e. The van der Waals surface area contributed by atoms with Crippen LogP contribution in [0.2, 0.25) is 0 Å². The standard InChI is InChI=1S/C33H31N2.C21H23N2.Ir/c1-23(2)30-21-29(27-17-15-26(16-18-27)25-11-7-5-8-12-25)22-31(24(3)4)32(30)35-20-19-34-33(35)28-13-9-6-10-14-28;1-15(2)18-11-8-12-19(16(3)4)20(18)23-14-13-22-21(23)17-9-6-5-7-10-17;/h5-13,15-24H,1-4H3;5-9,11-16H,1-4H3;/q2*-1;. The van der Waals surface area contributed by atoms with Crippen LogP contribution in [0.3, 0.4) is 0 Å². The van der Waals surface area contributed by atoms with E-state index in [9.17, 15) is 0 Å². The molecule has 0 bridgehead atoms. The van der Waals surface area contributed by atoms with Gasteiger partial charge in [0.15, 0.2) is 0 Å². The summed E-state index contributed by atoms with van der Waals surface area (Å²) >= 11 is 0. The van der Waals surface area contributed by atoms with Gasteiger partial charge in [-0.2, -0.15) is 0 Å². The second-order valence-corrected chi connectivity index (χ2v) is 16.1. The summed E-state index contributed by atoms with van der Waals surface area (Å²) in [6.07, 6.45) is 7.90. The van der Waals surface area contributed by atoms with E-state index in [4.69, 9.17) is 4.98 Å². The zero-order valence-corrected chi connectivity index (χ0v) is 37.8. The molecule has 0 atom stereocenters. The summed E-state index contributed by atoms with van der Waals surface area (Å²) < 4.78 is 4.47. The summed E-state index contributed by atoms with van der Waals surface area (Å²) in [5.41, 5.74) is 14.9. The average molecular weight is 951 g/mol. The van der Waals surface area contributed by atoms with Crippen molar-refractivity contribution in [3.8, 4) is 56.4 Å². The topological polar surface area (TPSA) is 35.6 Å². The SMILES string of the molecule is CC(C)c1cc(-c2ccc(-c3ccccc3)cc2)cc(C(C)C)c1-n1ccnc1-c1[c-]cccc1.CC(C)c1cccc(C(C)C)c1-n1ccnc1-c1[c-]cccc1.[Ir]. The molecular formula is C54H54IrN4-2. The first kappa shape index (κ1) is 43.0. The smallest absolute Gasteiger partial charge is 0.0602 e. The van der Waals surface area contributed by atoms with Gasteiger partial charge in [-0.3, -0.25) is 9.97 Å². The Morgan fingerprint density at radius 1 is 0.407 bits per heavy atom. The number of hydrogen-bond donors (Lipinski definition) is 0. The van der Waals surface area contributed by atoms with E-state index in [0.717, 1.165) is 22.8 Å².